The maximum atomic E-state index is 13.5. The maximum Gasteiger partial charge on any atom is 0.252 e. The lowest BCUT2D eigenvalue weighted by Crippen LogP contribution is -2.60. The zero-order valence-electron chi connectivity index (χ0n) is 26.3. The minimum atomic E-state index is -5.39. The van der Waals surface area contributed by atoms with Gasteiger partial charge in [0.2, 0.25) is 5.91 Å². The minimum Gasteiger partial charge on any atom is -0.822 e. The van der Waals surface area contributed by atoms with Crippen LogP contribution in [0.3, 0.4) is 0 Å². The second kappa shape index (κ2) is 16.4. The van der Waals surface area contributed by atoms with E-state index in [2.05, 4.69) is 15.5 Å². The van der Waals surface area contributed by atoms with Gasteiger partial charge in [0.25, 0.3) is 5.91 Å². The number of aromatic hydroxyl groups is 1. The van der Waals surface area contributed by atoms with Crippen LogP contribution in [0.4, 0.5) is 0 Å². The van der Waals surface area contributed by atoms with Gasteiger partial charge in [0, 0.05) is 40.4 Å². The molecule has 5 atom stereocenters. The summed E-state index contributed by atoms with van der Waals surface area (Å²) in [5.74, 6) is 1.27. The van der Waals surface area contributed by atoms with Gasteiger partial charge >= 0.3 is 0 Å². The Kier molecular flexibility index (Phi) is 13.5. The molecule has 2 aliphatic rings. The molecule has 2 amide bonds. The summed E-state index contributed by atoms with van der Waals surface area (Å²) in [6.45, 7) is 8.76. The SMILES string of the molecule is Cc1c(O)cccc1C(=O)N[C@@H](CSc1ccccc1)[C@H](O)CN1C[C@H]2CCCC[C@H]2C[C@H]1C(=O)NC(C)(C)C.O=P([O-])([O-])[O-]. The van der Waals surface area contributed by atoms with E-state index < -0.39 is 20.0 Å². The summed E-state index contributed by atoms with van der Waals surface area (Å²) < 4.78 is 8.55. The van der Waals surface area contributed by atoms with Crippen LogP contribution in [0.15, 0.2) is 53.4 Å². The number of piperidine rings is 1. The first kappa shape index (κ1) is 37.0. The first-order valence-electron chi connectivity index (χ1n) is 15.3. The van der Waals surface area contributed by atoms with E-state index in [-0.39, 0.29) is 29.1 Å². The van der Waals surface area contributed by atoms with Gasteiger partial charge in [-0.25, -0.2) is 0 Å². The zero-order valence-corrected chi connectivity index (χ0v) is 28.0. The molecule has 1 aliphatic heterocycles. The Balaban J connectivity index is 0.00000102. The molecule has 13 heteroatoms. The highest BCUT2D eigenvalue weighted by Crippen LogP contribution is 2.39. The Hall–Kier alpha value is -2.44. The number of nitrogens with one attached hydrogen (secondary N) is 2. The number of aliphatic hydroxyl groups excluding tert-OH is 1. The number of carbonyl (C=O) groups excluding carboxylic acids is 2. The molecule has 4 rings (SSSR count). The van der Waals surface area contributed by atoms with Crippen molar-refractivity contribution in [1.82, 2.24) is 15.5 Å². The molecule has 2 aromatic carbocycles. The Bertz CT molecular complexity index is 1310. The van der Waals surface area contributed by atoms with Gasteiger partial charge in [-0.15, -0.1) is 11.8 Å². The Morgan fingerprint density at radius 2 is 1.67 bits per heavy atom. The number of carbonyl (C=O) groups is 2. The van der Waals surface area contributed by atoms with E-state index in [1.54, 1.807) is 36.9 Å². The number of thioether (sulfide) groups is 1. The van der Waals surface area contributed by atoms with Crippen LogP contribution in [0.2, 0.25) is 0 Å². The van der Waals surface area contributed by atoms with Gasteiger partial charge in [0.05, 0.1) is 18.2 Å². The number of hydrogen-bond acceptors (Lipinski definition) is 10. The van der Waals surface area contributed by atoms with Crippen molar-refractivity contribution in [1.29, 1.82) is 0 Å². The quantitative estimate of drug-likeness (QED) is 0.228. The summed E-state index contributed by atoms with van der Waals surface area (Å²) in [7, 11) is -5.39. The molecular formula is C32H45N3O8PS-3. The van der Waals surface area contributed by atoms with Crippen LogP contribution in [0.25, 0.3) is 0 Å². The molecule has 0 spiro atoms. The average molecular weight is 663 g/mol. The Morgan fingerprint density at radius 1 is 1.04 bits per heavy atom. The van der Waals surface area contributed by atoms with Crippen molar-refractivity contribution in [2.24, 2.45) is 11.8 Å². The molecule has 250 valence electrons. The predicted molar refractivity (Wildman–Crippen MR) is 168 cm³/mol. The highest BCUT2D eigenvalue weighted by atomic mass is 32.2. The van der Waals surface area contributed by atoms with Crippen LogP contribution in [0.5, 0.6) is 5.75 Å². The fraction of sp³-hybridized carbons (Fsp3) is 0.562. The number of benzene rings is 2. The number of nitrogens with zero attached hydrogens (tertiary/aromatic N) is 1. The molecule has 45 heavy (non-hydrogen) atoms. The van der Waals surface area contributed by atoms with E-state index in [9.17, 15) is 19.8 Å². The van der Waals surface area contributed by atoms with E-state index in [1.165, 1.54) is 12.8 Å². The summed E-state index contributed by atoms with van der Waals surface area (Å²) >= 11 is 1.57. The fourth-order valence-electron chi connectivity index (χ4n) is 6.06. The highest BCUT2D eigenvalue weighted by molar-refractivity contribution is 7.99. The minimum absolute atomic E-state index is 0.0124. The van der Waals surface area contributed by atoms with Crippen LogP contribution in [0.1, 0.15) is 68.8 Å². The number of hydrogen-bond donors (Lipinski definition) is 4. The standard InChI is InChI=1S/C32H45N3O4S.H3O4P/c1-21-25(15-10-16-28(21)36)30(38)33-26(20-40-24-13-6-5-7-14-24)29(37)19-35-18-23-12-9-8-11-22(23)17-27(35)31(39)34-32(2,3)4;1-5(2,3)4/h5-7,10,13-16,22-23,26-27,29,36-37H,8-9,11-12,17-20H2,1-4H3,(H,33,38)(H,34,39);(H3,1,2,3,4)/p-3/t22-,23+,26-,27-,29+;/m0./s1. The number of phenols is 1. The molecule has 2 fully saturated rings. The maximum absolute atomic E-state index is 13.5. The number of amides is 2. The first-order valence-corrected chi connectivity index (χ1v) is 17.7. The molecule has 1 aliphatic carbocycles. The van der Waals surface area contributed by atoms with Crippen molar-refractivity contribution in [3.05, 3.63) is 59.7 Å². The van der Waals surface area contributed by atoms with Crippen LogP contribution >= 0.6 is 19.6 Å². The van der Waals surface area contributed by atoms with Crippen molar-refractivity contribution in [2.75, 3.05) is 18.8 Å². The van der Waals surface area contributed by atoms with Crippen molar-refractivity contribution in [3.63, 3.8) is 0 Å². The number of fused-ring (bicyclic) bond motifs is 1. The number of rotatable bonds is 9. The Labute approximate surface area is 270 Å². The number of β-amino-alcohol motifs (C(OH)–C–C–N with tert-alkyl or cyclic N) is 1. The van der Waals surface area contributed by atoms with E-state index in [0.29, 0.717) is 35.3 Å². The summed E-state index contributed by atoms with van der Waals surface area (Å²) in [4.78, 5) is 55.6. The largest absolute Gasteiger partial charge is 0.822 e. The second-order valence-corrected chi connectivity index (χ2v) is 14.9. The summed E-state index contributed by atoms with van der Waals surface area (Å²) in [6.07, 6.45) is 4.67. The number of phenolic OH excluding ortho intramolecular Hbond substituents is 1. The van der Waals surface area contributed by atoms with Gasteiger partial charge in [-0.2, -0.15) is 7.82 Å². The lowest BCUT2D eigenvalue weighted by molar-refractivity contribution is -0.432. The molecule has 2 aromatic rings. The van der Waals surface area contributed by atoms with Crippen LogP contribution in [-0.2, 0) is 9.36 Å². The zero-order chi connectivity index (χ0) is 33.4. The average Bonchev–Trinajstić information content (AvgIpc) is 2.95. The lowest BCUT2D eigenvalue weighted by atomic mass is 9.72. The van der Waals surface area contributed by atoms with Gasteiger partial charge in [-0.3, -0.25) is 14.5 Å². The van der Waals surface area contributed by atoms with E-state index in [1.807, 2.05) is 51.1 Å². The molecule has 1 heterocycles. The molecule has 0 aromatic heterocycles. The van der Waals surface area contributed by atoms with Crippen molar-refractivity contribution in [2.45, 2.75) is 88.4 Å². The summed E-state index contributed by atoms with van der Waals surface area (Å²) in [5, 5.41) is 28.0. The van der Waals surface area contributed by atoms with Crippen molar-refractivity contribution < 1.29 is 39.0 Å². The summed E-state index contributed by atoms with van der Waals surface area (Å²) in [6, 6.07) is 13.9. The van der Waals surface area contributed by atoms with Crippen LogP contribution in [-0.4, -0.2) is 69.5 Å². The number of phosphoric acid groups is 1. The molecule has 4 N–H and O–H groups in total. The van der Waals surface area contributed by atoms with Crippen molar-refractivity contribution in [3.8, 4) is 5.75 Å². The van der Waals surface area contributed by atoms with Gasteiger partial charge in [-0.05, 0) is 76.6 Å². The highest BCUT2D eigenvalue weighted by Gasteiger charge is 2.41. The molecule has 0 bridgehead atoms. The van der Waals surface area contributed by atoms with Gasteiger partial charge in [-0.1, -0.05) is 43.5 Å². The normalized spacial score (nSPS) is 21.8. The monoisotopic (exact) mass is 662 g/mol. The van der Waals surface area contributed by atoms with E-state index in [0.717, 1.165) is 30.7 Å². The summed E-state index contributed by atoms with van der Waals surface area (Å²) in [5.41, 5.74) is 0.543. The number of aliphatic hydroxyl groups is 1. The topological polar surface area (TPSA) is 188 Å². The molecular weight excluding hydrogens is 617 g/mol. The van der Waals surface area contributed by atoms with E-state index in [4.69, 9.17) is 19.2 Å². The van der Waals surface area contributed by atoms with Gasteiger partial charge < -0.3 is 40.1 Å². The van der Waals surface area contributed by atoms with Crippen LogP contribution < -0.4 is 25.3 Å². The molecule has 1 saturated carbocycles. The van der Waals surface area contributed by atoms with Crippen molar-refractivity contribution >= 4 is 31.4 Å². The smallest absolute Gasteiger partial charge is 0.252 e. The molecule has 1 saturated heterocycles. The second-order valence-electron chi connectivity index (χ2n) is 12.9. The third-order valence-electron chi connectivity index (χ3n) is 8.23. The Morgan fingerprint density at radius 3 is 2.29 bits per heavy atom. The molecule has 11 nitrogen and oxygen atoms in total. The third kappa shape index (κ3) is 12.4. The number of likely N-dealkylation sites (tertiary alicyclic amines) is 1. The first-order chi connectivity index (χ1) is 21.0. The third-order valence-corrected chi connectivity index (χ3v) is 9.36. The van der Waals surface area contributed by atoms with Gasteiger partial charge in [0.1, 0.15) is 5.75 Å². The fourth-order valence-corrected chi connectivity index (χ4v) is 7.09. The molecule has 0 unspecified atom stereocenters. The lowest BCUT2D eigenvalue weighted by Gasteiger charge is -2.47. The molecule has 0 radical (unpaired) electrons. The van der Waals surface area contributed by atoms with Crippen LogP contribution in [0, 0.1) is 18.8 Å². The predicted octanol–water partition coefficient (Wildman–Crippen LogP) is 1.92. The van der Waals surface area contributed by atoms with Gasteiger partial charge in [0.15, 0.2) is 0 Å². The van der Waals surface area contributed by atoms with E-state index >= 15 is 0 Å².